The van der Waals surface area contributed by atoms with Crippen LogP contribution in [0.4, 0.5) is 10.1 Å². The molecule has 0 bridgehead atoms. The molecule has 0 aliphatic carbocycles. The fourth-order valence-electron chi connectivity index (χ4n) is 2.73. The number of amides is 1. The standard InChI is InChI=1S/C19H19FN4OS/c1-3-23(16-10-8-15(20)9-11-16)17(25)12-24-18(21-22-19(24)26)14-6-4-13(2)5-7-14/h4-11H,3,12H2,1-2H3,(H,22,26). The number of H-pyrrole nitrogens is 1. The van der Waals surface area contributed by atoms with Gasteiger partial charge in [0.1, 0.15) is 12.4 Å². The summed E-state index contributed by atoms with van der Waals surface area (Å²) in [5.41, 5.74) is 2.66. The molecule has 0 fully saturated rings. The maximum atomic E-state index is 13.1. The molecule has 0 radical (unpaired) electrons. The number of aromatic nitrogens is 3. The molecule has 134 valence electrons. The molecule has 1 N–H and O–H groups in total. The molecule has 0 saturated carbocycles. The van der Waals surface area contributed by atoms with Gasteiger partial charge >= 0.3 is 0 Å². The smallest absolute Gasteiger partial charge is 0.247 e. The van der Waals surface area contributed by atoms with Gasteiger partial charge in [0.2, 0.25) is 5.91 Å². The summed E-state index contributed by atoms with van der Waals surface area (Å²) < 4.78 is 15.2. The zero-order chi connectivity index (χ0) is 18.7. The van der Waals surface area contributed by atoms with Gasteiger partial charge < -0.3 is 4.90 Å². The molecule has 1 heterocycles. The number of hydrogen-bond donors (Lipinski definition) is 1. The number of aromatic amines is 1. The van der Waals surface area contributed by atoms with Gasteiger partial charge in [0.25, 0.3) is 0 Å². The van der Waals surface area contributed by atoms with Gasteiger partial charge in [-0.1, -0.05) is 29.8 Å². The fourth-order valence-corrected chi connectivity index (χ4v) is 2.93. The Morgan fingerprint density at radius 2 is 1.85 bits per heavy atom. The van der Waals surface area contributed by atoms with Crippen molar-refractivity contribution in [1.29, 1.82) is 0 Å². The number of nitrogens with one attached hydrogen (secondary N) is 1. The van der Waals surface area contributed by atoms with E-state index in [1.807, 2.05) is 38.1 Å². The first kappa shape index (κ1) is 18.0. The zero-order valence-electron chi connectivity index (χ0n) is 14.6. The Hall–Kier alpha value is -2.80. The lowest BCUT2D eigenvalue weighted by Crippen LogP contribution is -2.33. The van der Waals surface area contributed by atoms with Crippen LogP contribution in [0.15, 0.2) is 48.5 Å². The summed E-state index contributed by atoms with van der Waals surface area (Å²) in [5.74, 6) is 0.124. The number of likely N-dealkylation sites (N-methyl/N-ethyl adjacent to an activating group) is 1. The predicted molar refractivity (Wildman–Crippen MR) is 102 cm³/mol. The second kappa shape index (κ2) is 7.61. The number of benzene rings is 2. The summed E-state index contributed by atoms with van der Waals surface area (Å²) in [6, 6.07) is 13.7. The van der Waals surface area contributed by atoms with Crippen molar-refractivity contribution in [3.05, 3.63) is 64.7 Å². The molecule has 1 aromatic heterocycles. The van der Waals surface area contributed by atoms with E-state index in [1.54, 1.807) is 21.6 Å². The SMILES string of the molecule is CCN(C(=O)Cn1c(-c2ccc(C)cc2)n[nH]c1=S)c1ccc(F)cc1. The maximum Gasteiger partial charge on any atom is 0.247 e. The lowest BCUT2D eigenvalue weighted by Gasteiger charge is -2.21. The molecule has 0 aliphatic rings. The molecule has 0 unspecified atom stereocenters. The molecule has 7 heteroatoms. The van der Waals surface area contributed by atoms with Crippen LogP contribution in [0.25, 0.3) is 11.4 Å². The Morgan fingerprint density at radius 1 is 1.19 bits per heavy atom. The van der Waals surface area contributed by atoms with Crippen molar-refractivity contribution in [2.45, 2.75) is 20.4 Å². The highest BCUT2D eigenvalue weighted by Crippen LogP contribution is 2.20. The number of rotatable bonds is 5. The average molecular weight is 370 g/mol. The van der Waals surface area contributed by atoms with Gasteiger partial charge in [-0.3, -0.25) is 14.5 Å². The molecule has 2 aromatic carbocycles. The number of halogens is 1. The summed E-state index contributed by atoms with van der Waals surface area (Å²) in [7, 11) is 0. The minimum absolute atomic E-state index is 0.0454. The largest absolute Gasteiger partial charge is 0.311 e. The molecule has 0 aliphatic heterocycles. The molecule has 3 aromatic rings. The van der Waals surface area contributed by atoms with Crippen LogP contribution in [0.2, 0.25) is 0 Å². The van der Waals surface area contributed by atoms with Crippen molar-refractivity contribution in [3.8, 4) is 11.4 Å². The molecular formula is C19H19FN4OS. The minimum atomic E-state index is -0.337. The van der Waals surface area contributed by atoms with Gasteiger partial charge in [-0.15, -0.1) is 0 Å². The van der Waals surface area contributed by atoms with Crippen molar-refractivity contribution in [2.75, 3.05) is 11.4 Å². The monoisotopic (exact) mass is 370 g/mol. The topological polar surface area (TPSA) is 53.9 Å². The molecule has 0 saturated heterocycles. The Labute approximate surface area is 156 Å². The van der Waals surface area contributed by atoms with Crippen LogP contribution in [0.1, 0.15) is 12.5 Å². The van der Waals surface area contributed by atoms with E-state index < -0.39 is 0 Å². The Kier molecular flexibility index (Phi) is 5.27. The normalized spacial score (nSPS) is 10.7. The maximum absolute atomic E-state index is 13.1. The van der Waals surface area contributed by atoms with Crippen molar-refractivity contribution in [1.82, 2.24) is 14.8 Å². The second-order valence-electron chi connectivity index (χ2n) is 5.92. The van der Waals surface area contributed by atoms with Crippen molar-refractivity contribution in [2.24, 2.45) is 0 Å². The molecule has 5 nitrogen and oxygen atoms in total. The molecule has 26 heavy (non-hydrogen) atoms. The van der Waals surface area contributed by atoms with E-state index in [9.17, 15) is 9.18 Å². The summed E-state index contributed by atoms with van der Waals surface area (Å²) in [5, 5.41) is 7.02. The summed E-state index contributed by atoms with van der Waals surface area (Å²) in [6.45, 7) is 4.39. The zero-order valence-corrected chi connectivity index (χ0v) is 15.4. The Morgan fingerprint density at radius 3 is 2.46 bits per heavy atom. The van der Waals surface area contributed by atoms with E-state index in [2.05, 4.69) is 10.2 Å². The lowest BCUT2D eigenvalue weighted by molar-refractivity contribution is -0.119. The number of anilines is 1. The van der Waals surface area contributed by atoms with Crippen LogP contribution in [-0.2, 0) is 11.3 Å². The number of nitrogens with zero attached hydrogens (tertiary/aromatic N) is 3. The number of carbonyl (C=O) groups is 1. The molecule has 0 spiro atoms. The van der Waals surface area contributed by atoms with Gasteiger partial charge in [0.05, 0.1) is 0 Å². The average Bonchev–Trinajstić information content (AvgIpc) is 2.99. The van der Waals surface area contributed by atoms with E-state index in [0.717, 1.165) is 11.1 Å². The van der Waals surface area contributed by atoms with Gasteiger partial charge in [-0.05, 0) is 50.3 Å². The first-order chi connectivity index (χ1) is 12.5. The predicted octanol–water partition coefficient (Wildman–Crippen LogP) is 4.11. The van der Waals surface area contributed by atoms with Crippen LogP contribution in [0, 0.1) is 17.5 Å². The van der Waals surface area contributed by atoms with E-state index >= 15 is 0 Å². The molecule has 0 atom stereocenters. The van der Waals surface area contributed by atoms with Crippen LogP contribution < -0.4 is 4.90 Å². The summed E-state index contributed by atoms with van der Waals surface area (Å²) >= 11 is 5.30. The summed E-state index contributed by atoms with van der Waals surface area (Å²) in [4.78, 5) is 14.4. The van der Waals surface area contributed by atoms with E-state index in [4.69, 9.17) is 12.2 Å². The van der Waals surface area contributed by atoms with Gasteiger partial charge in [0, 0.05) is 17.8 Å². The number of hydrogen-bond acceptors (Lipinski definition) is 3. The van der Waals surface area contributed by atoms with Crippen molar-refractivity contribution < 1.29 is 9.18 Å². The highest BCUT2D eigenvalue weighted by molar-refractivity contribution is 7.71. The molecular weight excluding hydrogens is 351 g/mol. The van der Waals surface area contributed by atoms with Crippen molar-refractivity contribution >= 4 is 23.8 Å². The van der Waals surface area contributed by atoms with Gasteiger partial charge in [0.15, 0.2) is 10.6 Å². The minimum Gasteiger partial charge on any atom is -0.311 e. The molecule has 1 amide bonds. The third-order valence-corrected chi connectivity index (χ3v) is 4.43. The van der Waals surface area contributed by atoms with Gasteiger partial charge in [-0.25, -0.2) is 4.39 Å². The third kappa shape index (κ3) is 3.72. The quantitative estimate of drug-likeness (QED) is 0.688. The Bertz CT molecular complexity index is 960. The fraction of sp³-hybridized carbons (Fsp3) is 0.211. The molecule has 3 rings (SSSR count). The highest BCUT2D eigenvalue weighted by atomic mass is 32.1. The summed E-state index contributed by atoms with van der Waals surface area (Å²) in [6.07, 6.45) is 0. The Balaban J connectivity index is 1.89. The third-order valence-electron chi connectivity index (χ3n) is 4.12. The first-order valence-electron chi connectivity index (χ1n) is 8.27. The van der Waals surface area contributed by atoms with E-state index in [1.165, 1.54) is 12.1 Å². The van der Waals surface area contributed by atoms with Gasteiger partial charge in [-0.2, -0.15) is 5.10 Å². The van der Waals surface area contributed by atoms with E-state index in [0.29, 0.717) is 22.8 Å². The van der Waals surface area contributed by atoms with Crippen LogP contribution in [-0.4, -0.2) is 27.2 Å². The van der Waals surface area contributed by atoms with E-state index in [-0.39, 0.29) is 18.3 Å². The number of carbonyl (C=O) groups excluding carboxylic acids is 1. The number of aryl methyl sites for hydroxylation is 1. The first-order valence-corrected chi connectivity index (χ1v) is 8.68. The highest BCUT2D eigenvalue weighted by Gasteiger charge is 2.18. The van der Waals surface area contributed by atoms with Crippen molar-refractivity contribution in [3.63, 3.8) is 0 Å². The van der Waals surface area contributed by atoms with Crippen LogP contribution in [0.5, 0.6) is 0 Å². The van der Waals surface area contributed by atoms with Crippen LogP contribution >= 0.6 is 12.2 Å². The lowest BCUT2D eigenvalue weighted by atomic mass is 10.1. The second-order valence-corrected chi connectivity index (χ2v) is 6.31. The van der Waals surface area contributed by atoms with Crippen LogP contribution in [0.3, 0.4) is 0 Å².